The van der Waals surface area contributed by atoms with Crippen molar-refractivity contribution < 1.29 is 9.72 Å². The van der Waals surface area contributed by atoms with Crippen LogP contribution >= 0.6 is 11.3 Å². The van der Waals surface area contributed by atoms with E-state index in [9.17, 15) is 14.9 Å². The summed E-state index contributed by atoms with van der Waals surface area (Å²) in [6, 6.07) is 7.88. The third kappa shape index (κ3) is 3.42. The van der Waals surface area contributed by atoms with Crippen molar-refractivity contribution in [1.29, 1.82) is 0 Å². The summed E-state index contributed by atoms with van der Waals surface area (Å²) in [5.74, 6) is -0.442. The van der Waals surface area contributed by atoms with Gasteiger partial charge in [-0.25, -0.2) is 5.43 Å². The number of rotatable bonds is 4. The van der Waals surface area contributed by atoms with Crippen molar-refractivity contribution in [1.82, 2.24) is 10.4 Å². The molecule has 0 bridgehead atoms. The van der Waals surface area contributed by atoms with E-state index in [-0.39, 0.29) is 10.7 Å². The monoisotopic (exact) mass is 276 g/mol. The Morgan fingerprint density at radius 1 is 1.42 bits per heavy atom. The first-order valence-corrected chi connectivity index (χ1v) is 5.97. The van der Waals surface area contributed by atoms with Crippen molar-refractivity contribution in [3.8, 4) is 0 Å². The van der Waals surface area contributed by atoms with Gasteiger partial charge in [-0.2, -0.15) is 5.10 Å². The van der Waals surface area contributed by atoms with Crippen LogP contribution in [-0.2, 0) is 0 Å². The predicted molar refractivity (Wildman–Crippen MR) is 70.3 cm³/mol. The van der Waals surface area contributed by atoms with Crippen molar-refractivity contribution in [2.75, 3.05) is 0 Å². The molecule has 8 heteroatoms. The van der Waals surface area contributed by atoms with E-state index in [1.807, 2.05) is 0 Å². The molecule has 2 aromatic rings. The number of carbonyl (C=O) groups excluding carboxylic acids is 1. The lowest BCUT2D eigenvalue weighted by atomic mass is 10.3. The van der Waals surface area contributed by atoms with Crippen LogP contribution in [0.25, 0.3) is 0 Å². The quantitative estimate of drug-likeness (QED) is 0.523. The third-order valence-electron chi connectivity index (χ3n) is 2.05. The van der Waals surface area contributed by atoms with E-state index in [0.717, 1.165) is 11.3 Å². The Morgan fingerprint density at radius 2 is 2.26 bits per heavy atom. The van der Waals surface area contributed by atoms with Crippen LogP contribution in [0, 0.1) is 10.1 Å². The van der Waals surface area contributed by atoms with Gasteiger partial charge in [0, 0.05) is 12.3 Å². The van der Waals surface area contributed by atoms with Gasteiger partial charge in [0.2, 0.25) is 0 Å². The first-order chi connectivity index (χ1) is 9.16. The molecule has 1 N–H and O–H groups in total. The molecule has 96 valence electrons. The zero-order valence-electron chi connectivity index (χ0n) is 9.52. The smallest absolute Gasteiger partial charge is 0.266 e. The van der Waals surface area contributed by atoms with E-state index in [1.165, 1.54) is 18.5 Å². The Bertz CT molecular complexity index is 624. The molecule has 0 aliphatic heterocycles. The van der Waals surface area contributed by atoms with Gasteiger partial charge in [0.1, 0.15) is 5.69 Å². The minimum Gasteiger partial charge on any atom is -0.266 e. The molecule has 0 fully saturated rings. The zero-order chi connectivity index (χ0) is 13.7. The lowest BCUT2D eigenvalue weighted by Gasteiger charge is -1.96. The number of amides is 1. The summed E-state index contributed by atoms with van der Waals surface area (Å²) < 4.78 is 0. The zero-order valence-corrected chi connectivity index (χ0v) is 10.3. The van der Waals surface area contributed by atoms with E-state index in [2.05, 4.69) is 15.5 Å². The maximum atomic E-state index is 11.6. The molecule has 0 aliphatic rings. The summed E-state index contributed by atoms with van der Waals surface area (Å²) in [5, 5.41) is 14.2. The first-order valence-electron chi connectivity index (χ1n) is 5.15. The van der Waals surface area contributed by atoms with Gasteiger partial charge in [-0.15, -0.1) is 0 Å². The van der Waals surface area contributed by atoms with E-state index in [1.54, 1.807) is 24.3 Å². The van der Waals surface area contributed by atoms with Gasteiger partial charge in [0.05, 0.1) is 16.0 Å². The highest BCUT2D eigenvalue weighted by Crippen LogP contribution is 2.22. The summed E-state index contributed by atoms with van der Waals surface area (Å²) in [4.78, 5) is 26.0. The lowest BCUT2D eigenvalue weighted by Crippen LogP contribution is -2.18. The second kappa shape index (κ2) is 5.83. The normalized spacial score (nSPS) is 10.5. The molecule has 0 saturated carbocycles. The molecular formula is C11H8N4O3S. The number of nitrogens with one attached hydrogen (secondary N) is 1. The van der Waals surface area contributed by atoms with Crippen molar-refractivity contribution in [3.63, 3.8) is 0 Å². The molecule has 0 spiro atoms. The number of pyridine rings is 1. The van der Waals surface area contributed by atoms with Gasteiger partial charge in [0.15, 0.2) is 0 Å². The molecule has 7 nitrogen and oxygen atoms in total. The summed E-state index contributed by atoms with van der Waals surface area (Å²) in [6.45, 7) is 0. The predicted octanol–water partition coefficient (Wildman–Crippen LogP) is 1.82. The molecule has 2 rings (SSSR count). The number of thiophene rings is 1. The largest absolute Gasteiger partial charge is 0.324 e. The van der Waals surface area contributed by atoms with E-state index < -0.39 is 10.8 Å². The fraction of sp³-hybridized carbons (Fsp3) is 0. The molecule has 0 unspecified atom stereocenters. The Kier molecular flexibility index (Phi) is 3.94. The van der Waals surface area contributed by atoms with Crippen LogP contribution in [0.5, 0.6) is 0 Å². The SMILES string of the molecule is O=C(NN=Cc1ccc([N+](=O)[O-])s1)c1ccccn1. The lowest BCUT2D eigenvalue weighted by molar-refractivity contribution is -0.380. The second-order valence-electron chi connectivity index (χ2n) is 3.35. The van der Waals surface area contributed by atoms with Crippen LogP contribution in [-0.4, -0.2) is 22.0 Å². The minimum absolute atomic E-state index is 0.0255. The minimum atomic E-state index is -0.478. The molecule has 19 heavy (non-hydrogen) atoms. The fourth-order valence-electron chi connectivity index (χ4n) is 1.22. The molecule has 2 aromatic heterocycles. The van der Waals surface area contributed by atoms with Gasteiger partial charge in [-0.05, 0) is 18.2 Å². The summed E-state index contributed by atoms with van der Waals surface area (Å²) in [5.41, 5.74) is 2.54. The summed E-state index contributed by atoms with van der Waals surface area (Å²) in [7, 11) is 0. The number of nitrogens with zero attached hydrogens (tertiary/aromatic N) is 3. The number of carbonyl (C=O) groups is 1. The Labute approximate surface area is 111 Å². The van der Waals surface area contributed by atoms with Crippen molar-refractivity contribution in [2.24, 2.45) is 5.10 Å². The van der Waals surface area contributed by atoms with E-state index in [0.29, 0.717) is 4.88 Å². The highest BCUT2D eigenvalue weighted by molar-refractivity contribution is 7.16. The van der Waals surface area contributed by atoms with Crippen molar-refractivity contribution in [3.05, 3.63) is 57.2 Å². The standard InChI is InChI=1S/C11H8N4O3S/c16-11(9-3-1-2-6-12-9)14-13-7-8-4-5-10(19-8)15(17)18/h1-7H,(H,14,16). The maximum absolute atomic E-state index is 11.6. The number of aromatic nitrogens is 1. The average Bonchev–Trinajstić information content (AvgIpc) is 2.89. The summed E-state index contributed by atoms with van der Waals surface area (Å²) >= 11 is 0.973. The van der Waals surface area contributed by atoms with Crippen LogP contribution in [0.4, 0.5) is 5.00 Å². The number of nitro groups is 1. The molecule has 0 saturated heterocycles. The first kappa shape index (κ1) is 12.8. The number of hydrogen-bond acceptors (Lipinski definition) is 6. The van der Waals surface area contributed by atoms with Crippen LogP contribution < -0.4 is 5.43 Å². The van der Waals surface area contributed by atoms with Crippen LogP contribution in [0.15, 0.2) is 41.6 Å². The second-order valence-corrected chi connectivity index (χ2v) is 4.44. The molecule has 2 heterocycles. The van der Waals surface area contributed by atoms with Crippen molar-refractivity contribution in [2.45, 2.75) is 0 Å². The Morgan fingerprint density at radius 3 is 2.89 bits per heavy atom. The van der Waals surface area contributed by atoms with Crippen molar-refractivity contribution >= 4 is 28.5 Å². The summed E-state index contributed by atoms with van der Waals surface area (Å²) in [6.07, 6.45) is 2.85. The molecular weight excluding hydrogens is 268 g/mol. The average molecular weight is 276 g/mol. The van der Waals surface area contributed by atoms with Gasteiger partial charge in [-0.1, -0.05) is 17.4 Å². The molecule has 0 atom stereocenters. The molecule has 0 aromatic carbocycles. The van der Waals surface area contributed by atoms with Crippen LogP contribution in [0.1, 0.15) is 15.4 Å². The highest BCUT2D eigenvalue weighted by atomic mass is 32.1. The Balaban J connectivity index is 1.96. The molecule has 0 radical (unpaired) electrons. The highest BCUT2D eigenvalue weighted by Gasteiger charge is 2.08. The fourth-order valence-corrected chi connectivity index (χ4v) is 1.91. The Hall–Kier alpha value is -2.61. The van der Waals surface area contributed by atoms with Crippen LogP contribution in [0.3, 0.4) is 0 Å². The van der Waals surface area contributed by atoms with Gasteiger partial charge < -0.3 is 0 Å². The topological polar surface area (TPSA) is 97.5 Å². The number of hydrogen-bond donors (Lipinski definition) is 1. The molecule has 0 aliphatic carbocycles. The third-order valence-corrected chi connectivity index (χ3v) is 3.02. The maximum Gasteiger partial charge on any atom is 0.324 e. The van der Waals surface area contributed by atoms with Gasteiger partial charge in [-0.3, -0.25) is 19.9 Å². The van der Waals surface area contributed by atoms with Gasteiger partial charge >= 0.3 is 5.00 Å². The van der Waals surface area contributed by atoms with Crippen LogP contribution in [0.2, 0.25) is 0 Å². The van der Waals surface area contributed by atoms with E-state index in [4.69, 9.17) is 0 Å². The van der Waals surface area contributed by atoms with E-state index >= 15 is 0 Å². The van der Waals surface area contributed by atoms with Gasteiger partial charge in [0.25, 0.3) is 5.91 Å². The molecule has 1 amide bonds. The number of hydrazone groups is 1.